The third-order valence-electron chi connectivity index (χ3n) is 7.95. The molecule has 7 rings (SSSR count). The number of carbonyl (C=O) groups excluding carboxylic acids is 1. The van der Waals surface area contributed by atoms with Gasteiger partial charge in [-0.15, -0.1) is 11.3 Å². The van der Waals surface area contributed by atoms with Crippen molar-refractivity contribution in [2.45, 2.75) is 45.4 Å². The molecule has 1 amide bonds. The van der Waals surface area contributed by atoms with E-state index in [-0.39, 0.29) is 11.3 Å². The van der Waals surface area contributed by atoms with Crippen LogP contribution >= 0.6 is 11.3 Å². The number of aryl methyl sites for hydroxylation is 1. The van der Waals surface area contributed by atoms with Crippen LogP contribution in [0.15, 0.2) is 29.6 Å². The van der Waals surface area contributed by atoms with Crippen molar-refractivity contribution in [2.75, 3.05) is 19.5 Å². The van der Waals surface area contributed by atoms with Gasteiger partial charge in [0.1, 0.15) is 5.82 Å². The smallest absolute Gasteiger partial charge is 0.231 e. The third-order valence-corrected chi connectivity index (χ3v) is 8.76. The molecule has 0 radical (unpaired) electrons. The van der Waals surface area contributed by atoms with Crippen LogP contribution in [0.3, 0.4) is 0 Å². The predicted molar refractivity (Wildman–Crippen MR) is 132 cm³/mol. The van der Waals surface area contributed by atoms with Crippen LogP contribution in [0.5, 0.6) is 11.5 Å². The van der Waals surface area contributed by atoms with E-state index < -0.39 is 0 Å². The van der Waals surface area contributed by atoms with E-state index in [4.69, 9.17) is 14.5 Å². The number of thiazole rings is 1. The van der Waals surface area contributed by atoms with Crippen molar-refractivity contribution in [3.05, 3.63) is 35.3 Å². The molecule has 4 fully saturated rings. The number of amides is 1. The first-order valence-corrected chi connectivity index (χ1v) is 12.9. The van der Waals surface area contributed by atoms with Gasteiger partial charge in [-0.2, -0.15) is 9.78 Å². The molecule has 0 saturated heterocycles. The normalized spacial score (nSPS) is 27.1. The summed E-state index contributed by atoms with van der Waals surface area (Å²) in [4.78, 5) is 18.4. The first-order chi connectivity index (χ1) is 16.5. The van der Waals surface area contributed by atoms with Crippen molar-refractivity contribution < 1.29 is 14.3 Å². The van der Waals surface area contributed by atoms with Crippen molar-refractivity contribution >= 4 is 23.1 Å². The zero-order chi connectivity index (χ0) is 23.4. The maximum atomic E-state index is 13.6. The van der Waals surface area contributed by atoms with E-state index >= 15 is 0 Å². The fourth-order valence-electron chi connectivity index (χ4n) is 6.86. The molecule has 0 aliphatic heterocycles. The molecule has 4 aliphatic carbocycles. The SMILES string of the molecule is COc1ccc(-c2csc(-n3nc(C)cc3NC(=O)C34CC5CC(CC(C5)C3)C4)n2)cc1OC. The van der Waals surface area contributed by atoms with Crippen LogP contribution in [-0.2, 0) is 4.79 Å². The molecule has 2 heterocycles. The average Bonchev–Trinajstić information content (AvgIpc) is 3.44. The van der Waals surface area contributed by atoms with E-state index in [1.54, 1.807) is 18.9 Å². The lowest BCUT2D eigenvalue weighted by Gasteiger charge is -2.55. The van der Waals surface area contributed by atoms with Crippen LogP contribution in [0.2, 0.25) is 0 Å². The number of benzene rings is 1. The van der Waals surface area contributed by atoms with Crippen LogP contribution in [-0.4, -0.2) is 34.9 Å². The molecule has 178 valence electrons. The van der Waals surface area contributed by atoms with E-state index in [1.807, 2.05) is 36.6 Å². The summed E-state index contributed by atoms with van der Waals surface area (Å²) in [7, 11) is 3.25. The monoisotopic (exact) mass is 478 g/mol. The molecular weight excluding hydrogens is 448 g/mol. The summed E-state index contributed by atoms with van der Waals surface area (Å²) in [6.45, 7) is 1.94. The molecule has 34 heavy (non-hydrogen) atoms. The summed E-state index contributed by atoms with van der Waals surface area (Å²) in [6.07, 6.45) is 7.08. The summed E-state index contributed by atoms with van der Waals surface area (Å²) in [6, 6.07) is 7.70. The van der Waals surface area contributed by atoms with Crippen LogP contribution < -0.4 is 14.8 Å². The molecule has 8 heteroatoms. The Morgan fingerprint density at radius 3 is 2.38 bits per heavy atom. The molecule has 1 aromatic carbocycles. The number of rotatable bonds is 6. The first kappa shape index (κ1) is 21.6. The highest BCUT2D eigenvalue weighted by Crippen LogP contribution is 2.60. The van der Waals surface area contributed by atoms with Gasteiger partial charge in [0.05, 0.1) is 31.0 Å². The van der Waals surface area contributed by atoms with Crippen molar-refractivity contribution in [1.29, 1.82) is 0 Å². The molecule has 3 aromatic rings. The maximum Gasteiger partial charge on any atom is 0.231 e. The molecule has 1 N–H and O–H groups in total. The highest BCUT2D eigenvalue weighted by atomic mass is 32.1. The largest absolute Gasteiger partial charge is 0.493 e. The molecule has 0 unspecified atom stereocenters. The number of hydrogen-bond donors (Lipinski definition) is 1. The fourth-order valence-corrected chi connectivity index (χ4v) is 7.66. The molecule has 2 aromatic heterocycles. The first-order valence-electron chi connectivity index (χ1n) is 12.0. The number of carbonyl (C=O) groups is 1. The Balaban J connectivity index is 1.27. The highest BCUT2D eigenvalue weighted by Gasteiger charge is 2.54. The van der Waals surface area contributed by atoms with Gasteiger partial charge in [-0.25, -0.2) is 4.98 Å². The standard InChI is InChI=1S/C26H30N4O3S/c1-15-6-23(28-24(31)26-11-16-7-17(12-26)9-18(8-16)13-26)30(29-15)25-27-20(14-34-25)19-4-5-21(32-2)22(10-19)33-3/h4-6,10,14,16-18H,7-9,11-13H2,1-3H3,(H,28,31). The maximum absolute atomic E-state index is 13.6. The van der Waals surface area contributed by atoms with Gasteiger partial charge >= 0.3 is 0 Å². The number of hydrogen-bond acceptors (Lipinski definition) is 6. The quantitative estimate of drug-likeness (QED) is 0.508. The van der Waals surface area contributed by atoms with Crippen LogP contribution in [0, 0.1) is 30.1 Å². The summed E-state index contributed by atoms with van der Waals surface area (Å²) in [5.74, 6) is 4.40. The second kappa shape index (κ2) is 8.12. The molecule has 4 aliphatic rings. The van der Waals surface area contributed by atoms with Gasteiger partial charge in [0.15, 0.2) is 11.5 Å². The fraction of sp³-hybridized carbons (Fsp3) is 0.500. The molecule has 4 saturated carbocycles. The Kier molecular flexibility index (Phi) is 5.17. The Hall–Kier alpha value is -2.87. The topological polar surface area (TPSA) is 78.3 Å². The Bertz CT molecular complexity index is 1210. The number of methoxy groups -OCH3 is 2. The van der Waals surface area contributed by atoms with Gasteiger partial charge in [-0.1, -0.05) is 0 Å². The highest BCUT2D eigenvalue weighted by molar-refractivity contribution is 7.12. The molecule has 7 nitrogen and oxygen atoms in total. The van der Waals surface area contributed by atoms with Gasteiger partial charge in [0, 0.05) is 17.0 Å². The lowest BCUT2D eigenvalue weighted by molar-refractivity contribution is -0.140. The minimum absolute atomic E-state index is 0.171. The van der Waals surface area contributed by atoms with E-state index in [0.717, 1.165) is 59.1 Å². The molecule has 0 atom stereocenters. The van der Waals surface area contributed by atoms with Crippen LogP contribution in [0.4, 0.5) is 5.82 Å². The van der Waals surface area contributed by atoms with Gasteiger partial charge < -0.3 is 14.8 Å². The lowest BCUT2D eigenvalue weighted by Crippen LogP contribution is -2.51. The molecular formula is C26H30N4O3S. The molecule has 0 spiro atoms. The van der Waals surface area contributed by atoms with E-state index in [9.17, 15) is 4.79 Å². The minimum atomic E-state index is -0.203. The second-order valence-corrected chi connectivity index (χ2v) is 11.2. The van der Waals surface area contributed by atoms with E-state index in [1.165, 1.54) is 30.6 Å². The van der Waals surface area contributed by atoms with Gasteiger partial charge in [0.2, 0.25) is 11.0 Å². The van der Waals surface area contributed by atoms with Crippen LogP contribution in [0.25, 0.3) is 16.4 Å². The summed E-state index contributed by atoms with van der Waals surface area (Å²) in [5.41, 5.74) is 2.41. The van der Waals surface area contributed by atoms with E-state index in [0.29, 0.717) is 17.3 Å². The number of nitrogens with zero attached hydrogens (tertiary/aromatic N) is 3. The van der Waals surface area contributed by atoms with Gasteiger partial charge in [-0.05, 0) is 81.4 Å². The summed E-state index contributed by atoms with van der Waals surface area (Å²) in [5, 5.41) is 10.6. The van der Waals surface area contributed by atoms with Crippen molar-refractivity contribution in [3.8, 4) is 27.9 Å². The number of ether oxygens (including phenoxy) is 2. The van der Waals surface area contributed by atoms with Gasteiger partial charge in [0.25, 0.3) is 0 Å². The Morgan fingerprint density at radius 1 is 1.06 bits per heavy atom. The van der Waals surface area contributed by atoms with Crippen LogP contribution in [0.1, 0.15) is 44.2 Å². The van der Waals surface area contributed by atoms with Gasteiger partial charge in [-0.3, -0.25) is 4.79 Å². The van der Waals surface area contributed by atoms with Crippen molar-refractivity contribution in [2.24, 2.45) is 23.2 Å². The second-order valence-electron chi connectivity index (χ2n) is 10.3. The Morgan fingerprint density at radius 2 is 1.74 bits per heavy atom. The molecule has 4 bridgehead atoms. The average molecular weight is 479 g/mol. The minimum Gasteiger partial charge on any atom is -0.493 e. The van der Waals surface area contributed by atoms with Crippen molar-refractivity contribution in [1.82, 2.24) is 14.8 Å². The number of aromatic nitrogens is 3. The zero-order valence-corrected chi connectivity index (χ0v) is 20.7. The van der Waals surface area contributed by atoms with Crippen molar-refractivity contribution in [3.63, 3.8) is 0 Å². The number of nitrogens with one attached hydrogen (secondary N) is 1. The zero-order valence-electron chi connectivity index (χ0n) is 19.8. The van der Waals surface area contributed by atoms with E-state index in [2.05, 4.69) is 10.4 Å². The summed E-state index contributed by atoms with van der Waals surface area (Å²) < 4.78 is 12.6. The predicted octanol–water partition coefficient (Wildman–Crippen LogP) is 5.48. The lowest BCUT2D eigenvalue weighted by atomic mass is 9.49. The Labute approximate surface area is 203 Å². The number of anilines is 1. The third kappa shape index (κ3) is 3.59. The summed E-state index contributed by atoms with van der Waals surface area (Å²) >= 11 is 1.50.